The lowest BCUT2D eigenvalue weighted by atomic mass is 10.1. The lowest BCUT2D eigenvalue weighted by molar-refractivity contribution is -0.137. The number of nitrogens with zero attached hydrogens (tertiary/aromatic N) is 2. The smallest absolute Gasteiger partial charge is 0.316 e. The first-order valence-electron chi connectivity index (χ1n) is 8.21. The highest BCUT2D eigenvalue weighted by Crippen LogP contribution is 2.44. The summed E-state index contributed by atoms with van der Waals surface area (Å²) >= 11 is 6.83. The molecule has 2 heterocycles. The fraction of sp³-hybridized carbons (Fsp3) is 0.500. The lowest BCUT2D eigenvalue weighted by Crippen LogP contribution is -2.38. The van der Waals surface area contributed by atoms with Crippen molar-refractivity contribution in [2.75, 3.05) is 16.4 Å². The van der Waals surface area contributed by atoms with E-state index in [1.165, 1.54) is 11.0 Å². The van der Waals surface area contributed by atoms with Gasteiger partial charge in [-0.25, -0.2) is 8.42 Å². The molecule has 0 aromatic heterocycles. The molecule has 146 valence electrons. The third-order valence-electron chi connectivity index (χ3n) is 4.73. The van der Waals surface area contributed by atoms with Crippen molar-refractivity contribution in [3.05, 3.63) is 28.8 Å². The van der Waals surface area contributed by atoms with Gasteiger partial charge in [-0.1, -0.05) is 23.4 Å². The molecular weight excluding hydrogens is 425 g/mol. The van der Waals surface area contributed by atoms with Crippen molar-refractivity contribution in [1.29, 1.82) is 0 Å². The first kappa shape index (κ1) is 19.1. The molecule has 2 atom stereocenters. The van der Waals surface area contributed by atoms with E-state index in [9.17, 15) is 26.4 Å². The number of anilines is 1. The summed E-state index contributed by atoms with van der Waals surface area (Å²) in [5.41, 5.74) is -0.880. The number of amidine groups is 1. The van der Waals surface area contributed by atoms with Crippen molar-refractivity contribution in [1.82, 2.24) is 0 Å². The van der Waals surface area contributed by atoms with Crippen LogP contribution in [0.2, 0.25) is 5.02 Å². The average molecular weight is 439 g/mol. The molecule has 1 aromatic carbocycles. The molecule has 11 heteroatoms. The number of sulfone groups is 1. The van der Waals surface area contributed by atoms with Crippen LogP contribution in [-0.4, -0.2) is 42.3 Å². The van der Waals surface area contributed by atoms with Gasteiger partial charge in [0, 0.05) is 16.9 Å². The number of alkyl halides is 3. The summed E-state index contributed by atoms with van der Waals surface area (Å²) in [6.07, 6.45) is -3.15. The van der Waals surface area contributed by atoms with Crippen LogP contribution in [0.3, 0.4) is 0 Å². The predicted molar refractivity (Wildman–Crippen MR) is 97.9 cm³/mol. The second kappa shape index (κ2) is 6.38. The Morgan fingerprint density at radius 3 is 2.59 bits per heavy atom. The number of fused-ring (bicyclic) bond motifs is 1. The Kier molecular flexibility index (Phi) is 4.51. The fourth-order valence-corrected chi connectivity index (χ4v) is 7.41. The Morgan fingerprint density at radius 2 is 1.96 bits per heavy atom. The first-order chi connectivity index (χ1) is 12.5. The summed E-state index contributed by atoms with van der Waals surface area (Å²) in [5, 5.41) is -0.556. The second-order valence-corrected chi connectivity index (χ2v) is 10.6. The summed E-state index contributed by atoms with van der Waals surface area (Å²) in [5.74, 6) is -0.726. The maximum atomic E-state index is 13.2. The van der Waals surface area contributed by atoms with Crippen LogP contribution in [0.1, 0.15) is 18.4 Å². The van der Waals surface area contributed by atoms with Crippen LogP contribution in [0, 0.1) is 5.92 Å². The molecule has 1 amide bonds. The van der Waals surface area contributed by atoms with Gasteiger partial charge in [0.1, 0.15) is 0 Å². The number of rotatable bonds is 2. The van der Waals surface area contributed by atoms with Crippen LogP contribution in [0.5, 0.6) is 0 Å². The summed E-state index contributed by atoms with van der Waals surface area (Å²) in [6.45, 7) is 0. The van der Waals surface area contributed by atoms with Gasteiger partial charge in [0.15, 0.2) is 15.0 Å². The summed E-state index contributed by atoms with van der Waals surface area (Å²) < 4.78 is 63.7. The topological polar surface area (TPSA) is 66.8 Å². The van der Waals surface area contributed by atoms with E-state index in [0.29, 0.717) is 0 Å². The van der Waals surface area contributed by atoms with Gasteiger partial charge < -0.3 is 4.90 Å². The Labute approximate surface area is 162 Å². The molecule has 1 saturated carbocycles. The number of hydrogen-bond donors (Lipinski definition) is 0. The van der Waals surface area contributed by atoms with Gasteiger partial charge in [0.2, 0.25) is 0 Å². The molecule has 2 aliphatic heterocycles. The standard InChI is InChI=1S/C16H14ClF3N2O3S2/c17-11-4-3-9(5-10(11)16(18,19)20)22-12-6-27(24,25)7-13(12)26-15(22)21-14(23)8-1-2-8/h3-5,8,12-13H,1-2,6-7H2. The lowest BCUT2D eigenvalue weighted by Gasteiger charge is -2.25. The number of amides is 1. The molecule has 4 rings (SSSR count). The maximum Gasteiger partial charge on any atom is 0.417 e. The molecule has 1 aliphatic carbocycles. The van der Waals surface area contributed by atoms with Gasteiger partial charge in [0.05, 0.1) is 28.1 Å². The molecule has 3 fully saturated rings. The molecule has 3 aliphatic rings. The van der Waals surface area contributed by atoms with Gasteiger partial charge in [-0.3, -0.25) is 4.79 Å². The molecule has 2 saturated heterocycles. The Hall–Kier alpha value is -1.26. The van der Waals surface area contributed by atoms with E-state index in [0.717, 1.165) is 36.7 Å². The minimum Gasteiger partial charge on any atom is -0.316 e. The van der Waals surface area contributed by atoms with E-state index in [1.54, 1.807) is 0 Å². The van der Waals surface area contributed by atoms with Gasteiger partial charge >= 0.3 is 6.18 Å². The van der Waals surface area contributed by atoms with Gasteiger partial charge in [-0.2, -0.15) is 18.2 Å². The van der Waals surface area contributed by atoms with Crippen molar-refractivity contribution < 1.29 is 26.4 Å². The number of carbonyl (C=O) groups excluding carboxylic acids is 1. The van der Waals surface area contributed by atoms with E-state index >= 15 is 0 Å². The van der Waals surface area contributed by atoms with Crippen LogP contribution >= 0.6 is 23.4 Å². The number of benzene rings is 1. The SMILES string of the molecule is O=C(N=C1SC2CS(=O)(=O)CC2N1c1ccc(Cl)c(C(F)(F)F)c1)C1CC1. The Morgan fingerprint density at radius 1 is 1.26 bits per heavy atom. The van der Waals surface area contributed by atoms with Crippen molar-refractivity contribution in [2.45, 2.75) is 30.3 Å². The van der Waals surface area contributed by atoms with Crippen LogP contribution in [0.15, 0.2) is 23.2 Å². The van der Waals surface area contributed by atoms with E-state index in [1.807, 2.05) is 0 Å². The normalized spacial score (nSPS) is 28.6. The molecule has 1 aromatic rings. The monoisotopic (exact) mass is 438 g/mol. The summed E-state index contributed by atoms with van der Waals surface area (Å²) in [6, 6.07) is 2.84. The molecular formula is C16H14ClF3N2O3S2. The number of aliphatic imine (C=N–C) groups is 1. The molecule has 5 nitrogen and oxygen atoms in total. The van der Waals surface area contributed by atoms with Crippen molar-refractivity contribution in [3.8, 4) is 0 Å². The Balaban J connectivity index is 1.77. The number of hydrogen-bond acceptors (Lipinski definition) is 4. The zero-order valence-corrected chi connectivity index (χ0v) is 16.1. The zero-order valence-electron chi connectivity index (χ0n) is 13.7. The van der Waals surface area contributed by atoms with E-state index < -0.39 is 32.6 Å². The average Bonchev–Trinajstić information content (AvgIpc) is 3.28. The number of halogens is 4. The van der Waals surface area contributed by atoms with Gasteiger partial charge in [-0.15, -0.1) is 0 Å². The molecule has 2 unspecified atom stereocenters. The predicted octanol–water partition coefficient (Wildman–Crippen LogP) is 3.37. The highest BCUT2D eigenvalue weighted by atomic mass is 35.5. The van der Waals surface area contributed by atoms with Crippen molar-refractivity contribution in [2.24, 2.45) is 10.9 Å². The zero-order chi connectivity index (χ0) is 19.6. The second-order valence-electron chi connectivity index (χ2n) is 6.84. The van der Waals surface area contributed by atoms with Gasteiger partial charge in [0.25, 0.3) is 5.91 Å². The number of carbonyl (C=O) groups is 1. The molecule has 0 spiro atoms. The molecule has 0 N–H and O–H groups in total. The highest BCUT2D eigenvalue weighted by Gasteiger charge is 2.50. The van der Waals surface area contributed by atoms with Crippen LogP contribution in [-0.2, 0) is 20.8 Å². The minimum absolute atomic E-state index is 0.0881. The highest BCUT2D eigenvalue weighted by molar-refractivity contribution is 8.16. The minimum atomic E-state index is -4.65. The maximum absolute atomic E-state index is 13.2. The Bertz CT molecular complexity index is 945. The largest absolute Gasteiger partial charge is 0.417 e. The third kappa shape index (κ3) is 3.71. The van der Waals surface area contributed by atoms with Crippen molar-refractivity contribution >= 4 is 50.0 Å². The van der Waals surface area contributed by atoms with Crippen LogP contribution < -0.4 is 4.90 Å². The van der Waals surface area contributed by atoms with Gasteiger partial charge in [-0.05, 0) is 31.0 Å². The van der Waals surface area contributed by atoms with Crippen molar-refractivity contribution in [3.63, 3.8) is 0 Å². The molecule has 27 heavy (non-hydrogen) atoms. The summed E-state index contributed by atoms with van der Waals surface area (Å²) in [7, 11) is -3.30. The number of thioether (sulfide) groups is 1. The summed E-state index contributed by atoms with van der Waals surface area (Å²) in [4.78, 5) is 17.7. The fourth-order valence-electron chi connectivity index (χ4n) is 3.26. The first-order valence-corrected chi connectivity index (χ1v) is 11.3. The van der Waals surface area contributed by atoms with E-state index in [2.05, 4.69) is 4.99 Å². The van der Waals surface area contributed by atoms with E-state index in [4.69, 9.17) is 11.6 Å². The molecule has 0 bridgehead atoms. The molecule has 0 radical (unpaired) electrons. The third-order valence-corrected chi connectivity index (χ3v) is 8.27. The quantitative estimate of drug-likeness (QED) is 0.708. The van der Waals surface area contributed by atoms with E-state index in [-0.39, 0.29) is 39.4 Å². The van der Waals surface area contributed by atoms with Crippen LogP contribution in [0.25, 0.3) is 0 Å². The van der Waals surface area contributed by atoms with Crippen LogP contribution in [0.4, 0.5) is 18.9 Å².